The van der Waals surface area contributed by atoms with Crippen LogP contribution in [0.15, 0.2) is 53.3 Å². The molecule has 150 valence electrons. The molecule has 0 fully saturated rings. The van der Waals surface area contributed by atoms with Gasteiger partial charge >= 0.3 is 5.97 Å². The average Bonchev–Trinajstić information content (AvgIpc) is 2.70. The first kappa shape index (κ1) is 20.2. The number of carbonyl (C=O) groups is 1. The Bertz CT molecular complexity index is 1090. The zero-order chi connectivity index (χ0) is 21.0. The van der Waals surface area contributed by atoms with Crippen LogP contribution in [-0.2, 0) is 13.0 Å². The van der Waals surface area contributed by atoms with Gasteiger partial charge in [0.25, 0.3) is 5.56 Å². The third-order valence-electron chi connectivity index (χ3n) is 4.40. The number of ether oxygens (including phenoxy) is 1. The van der Waals surface area contributed by atoms with E-state index in [0.717, 1.165) is 16.3 Å². The topological polar surface area (TPSA) is 81.4 Å². The summed E-state index contributed by atoms with van der Waals surface area (Å²) in [5, 5.41) is 13.6. The number of halogens is 2. The Morgan fingerprint density at radius 1 is 1.14 bits per heavy atom. The normalized spacial score (nSPS) is 10.7. The van der Waals surface area contributed by atoms with Crippen molar-refractivity contribution in [2.45, 2.75) is 19.4 Å². The largest absolute Gasteiger partial charge is 0.494 e. The van der Waals surface area contributed by atoms with Crippen molar-refractivity contribution in [2.75, 3.05) is 7.11 Å². The molecule has 2 aromatic carbocycles. The molecule has 0 aliphatic carbocycles. The number of rotatable bonds is 7. The minimum Gasteiger partial charge on any atom is -0.494 e. The molecular weight excluding hydrogens is 382 g/mol. The van der Waals surface area contributed by atoms with Gasteiger partial charge in [-0.05, 0) is 54.8 Å². The van der Waals surface area contributed by atoms with Gasteiger partial charge in [0, 0.05) is 12.1 Å². The van der Waals surface area contributed by atoms with Gasteiger partial charge in [0.15, 0.2) is 11.6 Å². The summed E-state index contributed by atoms with van der Waals surface area (Å²) in [5.41, 5.74) is 0.164. The molecule has 1 aromatic heterocycles. The Balaban J connectivity index is 1.90. The first-order valence-corrected chi connectivity index (χ1v) is 8.83. The molecule has 0 saturated heterocycles. The first-order valence-electron chi connectivity index (χ1n) is 8.83. The van der Waals surface area contributed by atoms with Crippen LogP contribution in [-0.4, -0.2) is 28.0 Å². The molecule has 3 aromatic rings. The molecular formula is C21H18F2N2O4. The standard InChI is InChI=1S/C21H18F2N2O4/c1-29-19-9-6-14(11-17(19)23)18-12-16(21(27)28)20(26)25(24-18)10-2-3-13-4-7-15(22)8-5-13/h4-9,11-12H,2-3,10H2,1H3,(H,27,28). The lowest BCUT2D eigenvalue weighted by Crippen LogP contribution is -2.29. The highest BCUT2D eigenvalue weighted by Gasteiger charge is 2.16. The molecule has 6 nitrogen and oxygen atoms in total. The van der Waals surface area contributed by atoms with E-state index >= 15 is 0 Å². The Morgan fingerprint density at radius 2 is 1.86 bits per heavy atom. The highest BCUT2D eigenvalue weighted by atomic mass is 19.1. The summed E-state index contributed by atoms with van der Waals surface area (Å²) in [6.45, 7) is 0.156. The van der Waals surface area contributed by atoms with Crippen molar-refractivity contribution in [3.05, 3.63) is 81.6 Å². The van der Waals surface area contributed by atoms with E-state index in [9.17, 15) is 23.5 Å². The van der Waals surface area contributed by atoms with E-state index in [1.807, 2.05) is 0 Å². The van der Waals surface area contributed by atoms with Gasteiger partial charge in [-0.1, -0.05) is 12.1 Å². The molecule has 0 unspecified atom stereocenters. The summed E-state index contributed by atoms with van der Waals surface area (Å²) in [6, 6.07) is 11.2. The van der Waals surface area contributed by atoms with Crippen LogP contribution in [0.25, 0.3) is 11.3 Å². The quantitative estimate of drug-likeness (QED) is 0.656. The molecule has 0 bridgehead atoms. The number of carboxylic acid groups (broad SMARTS) is 1. The van der Waals surface area contributed by atoms with Crippen LogP contribution in [0, 0.1) is 11.6 Å². The molecule has 0 aliphatic rings. The molecule has 0 radical (unpaired) electrons. The maximum absolute atomic E-state index is 14.0. The van der Waals surface area contributed by atoms with Gasteiger partial charge in [-0.15, -0.1) is 0 Å². The maximum atomic E-state index is 14.0. The third-order valence-corrected chi connectivity index (χ3v) is 4.40. The van der Waals surface area contributed by atoms with Crippen LogP contribution in [0.1, 0.15) is 22.3 Å². The number of hydrogen-bond acceptors (Lipinski definition) is 4. The van der Waals surface area contributed by atoms with E-state index in [-0.39, 0.29) is 23.8 Å². The second-order valence-corrected chi connectivity index (χ2v) is 6.36. The van der Waals surface area contributed by atoms with Crippen LogP contribution in [0.3, 0.4) is 0 Å². The zero-order valence-electron chi connectivity index (χ0n) is 15.6. The van der Waals surface area contributed by atoms with Gasteiger partial charge in [-0.25, -0.2) is 18.3 Å². The number of hydrogen-bond donors (Lipinski definition) is 1. The van der Waals surface area contributed by atoms with Crippen molar-refractivity contribution in [2.24, 2.45) is 0 Å². The highest BCUT2D eigenvalue weighted by Crippen LogP contribution is 2.24. The van der Waals surface area contributed by atoms with Crippen molar-refractivity contribution < 1.29 is 23.4 Å². The number of methoxy groups -OCH3 is 1. The maximum Gasteiger partial charge on any atom is 0.341 e. The van der Waals surface area contributed by atoms with Crippen LogP contribution >= 0.6 is 0 Å². The molecule has 0 amide bonds. The molecule has 0 aliphatic heterocycles. The number of benzene rings is 2. The summed E-state index contributed by atoms with van der Waals surface area (Å²) in [5.74, 6) is -2.31. The van der Waals surface area contributed by atoms with Crippen molar-refractivity contribution in [1.29, 1.82) is 0 Å². The van der Waals surface area contributed by atoms with Crippen LogP contribution in [0.4, 0.5) is 8.78 Å². The lowest BCUT2D eigenvalue weighted by molar-refractivity contribution is 0.0693. The highest BCUT2D eigenvalue weighted by molar-refractivity contribution is 5.88. The van der Waals surface area contributed by atoms with Gasteiger partial charge in [-0.3, -0.25) is 4.79 Å². The van der Waals surface area contributed by atoms with Gasteiger partial charge in [0.2, 0.25) is 0 Å². The summed E-state index contributed by atoms with van der Waals surface area (Å²) >= 11 is 0. The predicted molar refractivity (Wildman–Crippen MR) is 102 cm³/mol. The van der Waals surface area contributed by atoms with E-state index in [2.05, 4.69) is 5.10 Å². The summed E-state index contributed by atoms with van der Waals surface area (Å²) in [6.07, 6.45) is 1.04. The summed E-state index contributed by atoms with van der Waals surface area (Å²) < 4.78 is 32.9. The third kappa shape index (κ3) is 4.66. The second-order valence-electron chi connectivity index (χ2n) is 6.36. The van der Waals surface area contributed by atoms with E-state index < -0.39 is 22.9 Å². The van der Waals surface area contributed by atoms with E-state index in [1.54, 1.807) is 12.1 Å². The van der Waals surface area contributed by atoms with Gasteiger partial charge in [0.1, 0.15) is 11.4 Å². The number of nitrogens with zero attached hydrogens (tertiary/aromatic N) is 2. The lowest BCUT2D eigenvalue weighted by atomic mass is 10.1. The van der Waals surface area contributed by atoms with E-state index in [1.165, 1.54) is 37.4 Å². The average molecular weight is 400 g/mol. The number of aryl methyl sites for hydroxylation is 2. The molecule has 0 atom stereocenters. The minimum absolute atomic E-state index is 0.0415. The number of carboxylic acids is 1. The molecule has 1 heterocycles. The Hall–Kier alpha value is -3.55. The Labute approximate surface area is 165 Å². The smallest absolute Gasteiger partial charge is 0.341 e. The van der Waals surface area contributed by atoms with Gasteiger partial charge < -0.3 is 9.84 Å². The summed E-state index contributed by atoms with van der Waals surface area (Å²) in [4.78, 5) is 23.9. The van der Waals surface area contributed by atoms with Crippen molar-refractivity contribution in [1.82, 2.24) is 9.78 Å². The van der Waals surface area contributed by atoms with Gasteiger partial charge in [0.05, 0.1) is 12.8 Å². The van der Waals surface area contributed by atoms with Crippen molar-refractivity contribution >= 4 is 5.97 Å². The molecule has 0 spiro atoms. The van der Waals surface area contributed by atoms with Gasteiger partial charge in [-0.2, -0.15) is 5.10 Å². The fourth-order valence-corrected chi connectivity index (χ4v) is 2.90. The number of aromatic nitrogens is 2. The molecule has 29 heavy (non-hydrogen) atoms. The Morgan fingerprint density at radius 3 is 2.48 bits per heavy atom. The summed E-state index contributed by atoms with van der Waals surface area (Å²) in [7, 11) is 1.33. The first-order chi connectivity index (χ1) is 13.9. The Kier molecular flexibility index (Phi) is 6.01. The molecule has 8 heteroatoms. The molecule has 1 N–H and O–H groups in total. The van der Waals surface area contributed by atoms with Crippen LogP contribution < -0.4 is 10.3 Å². The van der Waals surface area contributed by atoms with Crippen LogP contribution in [0.5, 0.6) is 5.75 Å². The molecule has 0 saturated carbocycles. The predicted octanol–water partition coefficient (Wildman–Crippen LogP) is 3.53. The van der Waals surface area contributed by atoms with E-state index in [0.29, 0.717) is 18.4 Å². The van der Waals surface area contributed by atoms with E-state index in [4.69, 9.17) is 4.74 Å². The zero-order valence-corrected chi connectivity index (χ0v) is 15.6. The van der Waals surface area contributed by atoms with Crippen molar-refractivity contribution in [3.8, 4) is 17.0 Å². The number of aromatic carboxylic acids is 1. The molecule has 3 rings (SSSR count). The van der Waals surface area contributed by atoms with Crippen molar-refractivity contribution in [3.63, 3.8) is 0 Å². The fraction of sp³-hybridized carbons (Fsp3) is 0.190. The second kappa shape index (κ2) is 8.64. The SMILES string of the molecule is COc1ccc(-c2cc(C(=O)O)c(=O)n(CCCc3ccc(F)cc3)n2)cc1F. The van der Waals surface area contributed by atoms with Crippen LogP contribution in [0.2, 0.25) is 0 Å². The lowest BCUT2D eigenvalue weighted by Gasteiger charge is -2.10. The minimum atomic E-state index is -1.39. The fourth-order valence-electron chi connectivity index (χ4n) is 2.90. The monoisotopic (exact) mass is 400 g/mol.